The van der Waals surface area contributed by atoms with Gasteiger partial charge in [0.1, 0.15) is 12.8 Å². The minimum Gasteiger partial charge on any atom is -0.399 e. The summed E-state index contributed by atoms with van der Waals surface area (Å²) < 4.78 is 0. The Bertz CT molecular complexity index is 907. The Kier molecular flexibility index (Phi) is 3.56. The molecule has 1 aliphatic carbocycles. The average molecular weight is 317 g/mol. The van der Waals surface area contributed by atoms with E-state index in [9.17, 15) is 0 Å². The van der Waals surface area contributed by atoms with E-state index in [-0.39, 0.29) is 0 Å². The summed E-state index contributed by atoms with van der Waals surface area (Å²) in [7, 11) is 1.60. The van der Waals surface area contributed by atoms with E-state index in [1.165, 1.54) is 22.3 Å². The van der Waals surface area contributed by atoms with Gasteiger partial charge in [0.05, 0.1) is 0 Å². The molecule has 1 aromatic heterocycles. The van der Waals surface area contributed by atoms with Gasteiger partial charge in [-0.1, -0.05) is 53.7 Å². The van der Waals surface area contributed by atoms with Gasteiger partial charge < -0.3 is 4.84 Å². The normalized spacial score (nSPS) is 16.2. The Morgan fingerprint density at radius 1 is 0.870 bits per heavy atom. The van der Waals surface area contributed by atoms with Gasteiger partial charge in [-0.15, -0.1) is 0 Å². The zero-order valence-electron chi connectivity index (χ0n) is 12.7. The monoisotopic (exact) mass is 317 g/mol. The minimum absolute atomic E-state index is 0.882. The first kappa shape index (κ1) is 14.0. The van der Waals surface area contributed by atoms with Crippen molar-refractivity contribution < 1.29 is 4.84 Å². The molecule has 0 saturated carbocycles. The highest BCUT2D eigenvalue weighted by molar-refractivity contribution is 7.08. The van der Waals surface area contributed by atoms with E-state index in [0.717, 1.165) is 16.8 Å². The summed E-state index contributed by atoms with van der Waals surface area (Å²) in [5, 5.41) is 8.56. The van der Waals surface area contributed by atoms with Crippen LogP contribution >= 0.6 is 11.3 Å². The van der Waals surface area contributed by atoms with Crippen LogP contribution in [0.4, 0.5) is 0 Å². The number of oxime groups is 1. The molecule has 1 aliphatic rings. The molecule has 112 valence electrons. The molecule has 0 bridgehead atoms. The van der Waals surface area contributed by atoms with Crippen molar-refractivity contribution in [2.45, 2.75) is 0 Å². The number of hydrogen-bond acceptors (Lipinski definition) is 3. The Morgan fingerprint density at radius 2 is 1.52 bits per heavy atom. The van der Waals surface area contributed by atoms with Crippen LogP contribution in [-0.4, -0.2) is 12.8 Å². The van der Waals surface area contributed by atoms with Crippen molar-refractivity contribution in [3.63, 3.8) is 0 Å². The SMILES string of the molecule is CO/N=C1\C(=C\c2ccsc2)c2ccccc2-c2ccccc21. The lowest BCUT2D eigenvalue weighted by Crippen LogP contribution is -2.13. The number of thiophene rings is 1. The summed E-state index contributed by atoms with van der Waals surface area (Å²) in [6.45, 7) is 0. The van der Waals surface area contributed by atoms with Crippen molar-refractivity contribution in [3.8, 4) is 11.1 Å². The lowest BCUT2D eigenvalue weighted by molar-refractivity contribution is 0.214. The fraction of sp³-hybridized carbons (Fsp3) is 0.0500. The van der Waals surface area contributed by atoms with Crippen LogP contribution < -0.4 is 0 Å². The number of hydrogen-bond donors (Lipinski definition) is 0. The number of allylic oxidation sites excluding steroid dienone is 1. The van der Waals surface area contributed by atoms with Gasteiger partial charge in [0.15, 0.2) is 0 Å². The highest BCUT2D eigenvalue weighted by atomic mass is 32.1. The molecular weight excluding hydrogens is 302 g/mol. The van der Waals surface area contributed by atoms with Gasteiger partial charge in [-0.05, 0) is 45.2 Å². The van der Waals surface area contributed by atoms with E-state index in [2.05, 4.69) is 70.5 Å². The third-order valence-corrected chi connectivity index (χ3v) is 4.68. The number of rotatable bonds is 2. The molecule has 0 atom stereocenters. The molecule has 0 radical (unpaired) electrons. The molecule has 0 amide bonds. The van der Waals surface area contributed by atoms with Crippen molar-refractivity contribution in [3.05, 3.63) is 82.0 Å². The first-order chi connectivity index (χ1) is 11.4. The second-order valence-corrected chi connectivity index (χ2v) is 6.11. The van der Waals surface area contributed by atoms with Crippen LogP contribution in [-0.2, 0) is 4.84 Å². The summed E-state index contributed by atoms with van der Waals surface area (Å²) >= 11 is 1.69. The fourth-order valence-electron chi connectivity index (χ4n) is 3.01. The van der Waals surface area contributed by atoms with Crippen LogP contribution in [0.15, 0.2) is 70.5 Å². The molecule has 3 heteroatoms. The van der Waals surface area contributed by atoms with Gasteiger partial charge in [0, 0.05) is 11.1 Å². The van der Waals surface area contributed by atoms with Gasteiger partial charge >= 0.3 is 0 Å². The van der Waals surface area contributed by atoms with Crippen LogP contribution in [0.25, 0.3) is 22.8 Å². The molecule has 2 nitrogen and oxygen atoms in total. The van der Waals surface area contributed by atoms with Gasteiger partial charge in [0.25, 0.3) is 0 Å². The lowest BCUT2D eigenvalue weighted by Gasteiger charge is -2.23. The predicted molar refractivity (Wildman–Crippen MR) is 97.6 cm³/mol. The number of nitrogens with zero attached hydrogens (tertiary/aromatic N) is 1. The Balaban J connectivity index is 2.03. The molecule has 2 aromatic carbocycles. The standard InChI is InChI=1S/C20H15NOS/c1-22-21-20-18-9-5-4-7-16(18)15-6-2-3-8-17(15)19(20)12-14-10-11-23-13-14/h2-13H,1H3/b19-12+,21-20-. The van der Waals surface area contributed by atoms with Crippen molar-refractivity contribution in [2.75, 3.05) is 7.11 Å². The number of benzene rings is 2. The van der Waals surface area contributed by atoms with E-state index >= 15 is 0 Å². The molecule has 0 fully saturated rings. The smallest absolute Gasteiger partial charge is 0.118 e. The molecule has 23 heavy (non-hydrogen) atoms. The van der Waals surface area contributed by atoms with Gasteiger partial charge in [0.2, 0.25) is 0 Å². The molecule has 0 N–H and O–H groups in total. The first-order valence-electron chi connectivity index (χ1n) is 7.43. The summed E-state index contributed by atoms with van der Waals surface area (Å²) in [4.78, 5) is 5.15. The maximum absolute atomic E-state index is 5.15. The second kappa shape index (κ2) is 5.86. The number of fused-ring (bicyclic) bond motifs is 3. The summed E-state index contributed by atoms with van der Waals surface area (Å²) in [6.07, 6.45) is 2.18. The van der Waals surface area contributed by atoms with Crippen molar-refractivity contribution >= 4 is 28.7 Å². The van der Waals surface area contributed by atoms with E-state index in [1.807, 2.05) is 6.07 Å². The van der Waals surface area contributed by atoms with Crippen molar-refractivity contribution in [1.29, 1.82) is 0 Å². The molecule has 1 heterocycles. The van der Waals surface area contributed by atoms with E-state index in [4.69, 9.17) is 4.84 Å². The maximum Gasteiger partial charge on any atom is 0.118 e. The zero-order valence-corrected chi connectivity index (χ0v) is 13.5. The largest absolute Gasteiger partial charge is 0.399 e. The van der Waals surface area contributed by atoms with E-state index < -0.39 is 0 Å². The van der Waals surface area contributed by atoms with E-state index in [1.54, 1.807) is 18.4 Å². The van der Waals surface area contributed by atoms with Crippen LogP contribution in [0.3, 0.4) is 0 Å². The van der Waals surface area contributed by atoms with Gasteiger partial charge in [-0.3, -0.25) is 0 Å². The molecule has 0 aliphatic heterocycles. The van der Waals surface area contributed by atoms with Crippen LogP contribution in [0.2, 0.25) is 0 Å². The summed E-state index contributed by atoms with van der Waals surface area (Å²) in [6, 6.07) is 18.9. The Hall–Kier alpha value is -2.65. The summed E-state index contributed by atoms with van der Waals surface area (Å²) in [5.74, 6) is 0. The molecule has 0 unspecified atom stereocenters. The maximum atomic E-state index is 5.15. The van der Waals surface area contributed by atoms with E-state index in [0.29, 0.717) is 0 Å². The van der Waals surface area contributed by atoms with Crippen LogP contribution in [0, 0.1) is 0 Å². The second-order valence-electron chi connectivity index (χ2n) is 5.33. The average Bonchev–Trinajstić information content (AvgIpc) is 3.11. The first-order valence-corrected chi connectivity index (χ1v) is 8.37. The van der Waals surface area contributed by atoms with Crippen LogP contribution in [0.5, 0.6) is 0 Å². The van der Waals surface area contributed by atoms with Gasteiger partial charge in [-0.25, -0.2) is 0 Å². The highest BCUT2D eigenvalue weighted by Crippen LogP contribution is 2.40. The van der Waals surface area contributed by atoms with Crippen LogP contribution in [0.1, 0.15) is 16.7 Å². The molecule has 0 spiro atoms. The molecular formula is C20H15NOS. The summed E-state index contributed by atoms with van der Waals surface area (Å²) in [5.41, 5.74) is 7.89. The third kappa shape index (κ3) is 2.39. The molecule has 3 aromatic rings. The molecule has 0 saturated heterocycles. The predicted octanol–water partition coefficient (Wildman–Crippen LogP) is 5.32. The zero-order chi connectivity index (χ0) is 15.6. The lowest BCUT2D eigenvalue weighted by atomic mass is 9.80. The highest BCUT2D eigenvalue weighted by Gasteiger charge is 2.25. The fourth-order valence-corrected chi connectivity index (χ4v) is 3.63. The quantitative estimate of drug-likeness (QED) is 0.586. The minimum atomic E-state index is 0.882. The third-order valence-electron chi connectivity index (χ3n) is 3.98. The van der Waals surface area contributed by atoms with Crippen molar-refractivity contribution in [2.24, 2.45) is 5.16 Å². The Labute approximate surface area is 139 Å². The van der Waals surface area contributed by atoms with Crippen molar-refractivity contribution in [1.82, 2.24) is 0 Å². The molecule has 4 rings (SSSR count). The topological polar surface area (TPSA) is 21.6 Å². The van der Waals surface area contributed by atoms with Gasteiger partial charge in [-0.2, -0.15) is 11.3 Å². The Morgan fingerprint density at radius 3 is 2.17 bits per heavy atom.